The average molecular weight is 501 g/mol. The molecule has 3 N–H and O–H groups in total. The second kappa shape index (κ2) is 9.86. The third-order valence-corrected chi connectivity index (χ3v) is 6.77. The molecule has 2 aromatic carbocycles. The number of carboxylic acid groups (broad SMARTS) is 1. The zero-order chi connectivity index (χ0) is 26.2. The summed E-state index contributed by atoms with van der Waals surface area (Å²) in [6.45, 7) is 6.11. The molecule has 2 aromatic heterocycles. The van der Waals surface area contributed by atoms with Gasteiger partial charge in [0.15, 0.2) is 6.10 Å². The third-order valence-electron chi connectivity index (χ3n) is 6.77. The minimum Gasteiger partial charge on any atom is -0.489 e. The Labute approximate surface area is 216 Å². The van der Waals surface area contributed by atoms with Gasteiger partial charge in [0.25, 0.3) is 0 Å². The highest BCUT2D eigenvalue weighted by Gasteiger charge is 2.41. The van der Waals surface area contributed by atoms with Crippen molar-refractivity contribution in [3.05, 3.63) is 78.4 Å². The molecule has 1 saturated carbocycles. The minimum absolute atomic E-state index is 0.125. The number of nitrogens with two attached hydrogens (primary N) is 1. The maximum Gasteiger partial charge on any atom is 0.333 e. The van der Waals surface area contributed by atoms with E-state index in [1.165, 1.54) is 0 Å². The van der Waals surface area contributed by atoms with Crippen molar-refractivity contribution in [2.24, 2.45) is 5.41 Å². The van der Waals surface area contributed by atoms with E-state index < -0.39 is 17.5 Å². The van der Waals surface area contributed by atoms with Crippen molar-refractivity contribution in [2.45, 2.75) is 58.3 Å². The highest BCUT2D eigenvalue weighted by molar-refractivity contribution is 5.85. The molecule has 1 aliphatic rings. The molecule has 0 amide bonds. The van der Waals surface area contributed by atoms with E-state index in [0.29, 0.717) is 25.3 Å². The number of aliphatic carboxylic acids is 1. The normalized spacial score (nSPS) is 18.4. The number of imidazole rings is 1. The predicted molar refractivity (Wildman–Crippen MR) is 141 cm³/mol. The second-order valence-corrected chi connectivity index (χ2v) is 10.7. The van der Waals surface area contributed by atoms with Crippen LogP contribution in [0.5, 0.6) is 5.75 Å². The van der Waals surface area contributed by atoms with Crippen LogP contribution in [-0.4, -0.2) is 37.7 Å². The van der Waals surface area contributed by atoms with Gasteiger partial charge in [0, 0.05) is 23.9 Å². The fourth-order valence-corrected chi connectivity index (χ4v) is 4.76. The number of rotatable bonds is 8. The van der Waals surface area contributed by atoms with Crippen molar-refractivity contribution in [1.29, 1.82) is 0 Å². The van der Waals surface area contributed by atoms with Crippen molar-refractivity contribution in [3.8, 4) is 17.0 Å². The molecule has 4 aromatic rings. The Morgan fingerprint density at radius 1 is 1.16 bits per heavy atom. The molecule has 1 aliphatic carbocycles. The van der Waals surface area contributed by atoms with E-state index in [0.717, 1.165) is 33.9 Å². The zero-order valence-corrected chi connectivity index (χ0v) is 21.3. The highest BCUT2D eigenvalue weighted by atomic mass is 16.5. The first-order chi connectivity index (χ1) is 17.7. The molecule has 0 bridgehead atoms. The predicted octanol–water partition coefficient (Wildman–Crippen LogP) is 5.32. The van der Waals surface area contributed by atoms with Crippen LogP contribution in [0.2, 0.25) is 0 Å². The monoisotopic (exact) mass is 500 g/mol. The number of hydrogen-bond acceptors (Lipinski definition) is 6. The van der Waals surface area contributed by atoms with Crippen LogP contribution in [0.15, 0.2) is 67.0 Å². The van der Waals surface area contributed by atoms with E-state index in [1.54, 1.807) is 6.20 Å². The van der Waals surface area contributed by atoms with E-state index in [-0.39, 0.29) is 12.0 Å². The summed E-state index contributed by atoms with van der Waals surface area (Å²) in [5.41, 5.74) is 9.31. The SMILES string of the molecule is CC(C)(C)C(O[C@H]1C[C@@H](c2nc(-c3cccc(OCc4ccccc4)c3)c3c(N)nccn32)C1)C(=O)O. The van der Waals surface area contributed by atoms with Gasteiger partial charge in [0.05, 0.1) is 6.10 Å². The van der Waals surface area contributed by atoms with Gasteiger partial charge in [-0.25, -0.2) is 14.8 Å². The topological polar surface area (TPSA) is 112 Å². The standard InChI is InChI=1S/C29H32N4O4/c1-29(2,3)25(28(34)35)37-22-15-20(16-22)27-32-23(24-26(30)31-12-13-33(24)27)19-10-7-11-21(14-19)36-17-18-8-5-4-6-9-18/h4-14,20,22,25H,15-17H2,1-3H3,(H2,30,31)(H,34,35)/t20-,22+,25?. The molecule has 8 nitrogen and oxygen atoms in total. The number of anilines is 1. The Balaban J connectivity index is 1.39. The molecule has 0 aliphatic heterocycles. The fourth-order valence-electron chi connectivity index (χ4n) is 4.76. The van der Waals surface area contributed by atoms with Crippen LogP contribution in [0.1, 0.15) is 50.9 Å². The summed E-state index contributed by atoms with van der Waals surface area (Å²) < 4.78 is 14.0. The number of carboxylic acids is 1. The lowest BCUT2D eigenvalue weighted by Crippen LogP contribution is -2.43. The molecule has 1 atom stereocenters. The molecule has 8 heteroatoms. The van der Waals surface area contributed by atoms with Gasteiger partial charge in [-0.1, -0.05) is 63.2 Å². The number of nitrogens with zero attached hydrogens (tertiary/aromatic N) is 3. The Morgan fingerprint density at radius 2 is 1.92 bits per heavy atom. The number of fused-ring (bicyclic) bond motifs is 1. The summed E-state index contributed by atoms with van der Waals surface area (Å²) in [4.78, 5) is 21.0. The summed E-state index contributed by atoms with van der Waals surface area (Å²) in [6, 6.07) is 17.8. The molecule has 0 radical (unpaired) electrons. The van der Waals surface area contributed by atoms with Gasteiger partial charge >= 0.3 is 5.97 Å². The first-order valence-corrected chi connectivity index (χ1v) is 12.5. The summed E-state index contributed by atoms with van der Waals surface area (Å²) in [7, 11) is 0. The maximum atomic E-state index is 11.7. The summed E-state index contributed by atoms with van der Waals surface area (Å²) in [6.07, 6.45) is 3.95. The van der Waals surface area contributed by atoms with Gasteiger partial charge in [-0.05, 0) is 36.0 Å². The second-order valence-electron chi connectivity index (χ2n) is 10.7. The number of ether oxygens (including phenoxy) is 2. The van der Waals surface area contributed by atoms with Gasteiger partial charge < -0.3 is 20.3 Å². The Morgan fingerprint density at radius 3 is 2.62 bits per heavy atom. The number of benzene rings is 2. The zero-order valence-electron chi connectivity index (χ0n) is 21.3. The van der Waals surface area contributed by atoms with Gasteiger partial charge in [0.1, 0.15) is 35.2 Å². The van der Waals surface area contributed by atoms with Gasteiger partial charge in [0.2, 0.25) is 0 Å². The molecule has 0 saturated heterocycles. The lowest BCUT2D eigenvalue weighted by atomic mass is 9.80. The molecule has 5 rings (SSSR count). The summed E-state index contributed by atoms with van der Waals surface area (Å²) >= 11 is 0. The van der Waals surface area contributed by atoms with E-state index in [9.17, 15) is 9.90 Å². The van der Waals surface area contributed by atoms with E-state index in [4.69, 9.17) is 20.2 Å². The number of carbonyl (C=O) groups is 1. The van der Waals surface area contributed by atoms with Crippen molar-refractivity contribution in [1.82, 2.24) is 14.4 Å². The van der Waals surface area contributed by atoms with Crippen LogP contribution in [0, 0.1) is 5.41 Å². The molecule has 1 unspecified atom stereocenters. The van der Waals surface area contributed by atoms with E-state index in [1.807, 2.05) is 86.0 Å². The fraction of sp³-hybridized carbons (Fsp3) is 0.345. The lowest BCUT2D eigenvalue weighted by molar-refractivity contribution is -0.170. The Kier molecular flexibility index (Phi) is 6.60. The molecule has 2 heterocycles. The van der Waals surface area contributed by atoms with Crippen molar-refractivity contribution < 1.29 is 19.4 Å². The van der Waals surface area contributed by atoms with E-state index >= 15 is 0 Å². The molecular weight excluding hydrogens is 468 g/mol. The molecule has 37 heavy (non-hydrogen) atoms. The maximum absolute atomic E-state index is 11.7. The van der Waals surface area contributed by atoms with Crippen molar-refractivity contribution >= 4 is 17.3 Å². The van der Waals surface area contributed by atoms with Crippen molar-refractivity contribution in [2.75, 3.05) is 5.73 Å². The average Bonchev–Trinajstić information content (AvgIpc) is 3.22. The lowest BCUT2D eigenvalue weighted by Gasteiger charge is -2.39. The number of nitrogen functional groups attached to an aromatic ring is 1. The summed E-state index contributed by atoms with van der Waals surface area (Å²) in [5.74, 6) is 1.21. The van der Waals surface area contributed by atoms with Crippen LogP contribution in [0.25, 0.3) is 16.8 Å². The van der Waals surface area contributed by atoms with Crippen LogP contribution < -0.4 is 10.5 Å². The summed E-state index contributed by atoms with van der Waals surface area (Å²) in [5, 5.41) is 9.61. The quantitative estimate of drug-likeness (QED) is 0.337. The first kappa shape index (κ1) is 24.8. The van der Waals surface area contributed by atoms with Crippen molar-refractivity contribution in [3.63, 3.8) is 0 Å². The highest BCUT2D eigenvalue weighted by Crippen LogP contribution is 2.42. The molecule has 1 fully saturated rings. The third kappa shape index (κ3) is 5.15. The van der Waals surface area contributed by atoms with Crippen LogP contribution in [0.4, 0.5) is 5.82 Å². The largest absolute Gasteiger partial charge is 0.489 e. The van der Waals surface area contributed by atoms with Crippen LogP contribution in [0.3, 0.4) is 0 Å². The van der Waals surface area contributed by atoms with Gasteiger partial charge in [-0.3, -0.25) is 4.40 Å². The minimum atomic E-state index is -0.933. The first-order valence-electron chi connectivity index (χ1n) is 12.5. The van der Waals surface area contributed by atoms with Crippen LogP contribution in [-0.2, 0) is 16.1 Å². The Hall–Kier alpha value is -3.91. The molecule has 192 valence electrons. The smallest absolute Gasteiger partial charge is 0.333 e. The van der Waals surface area contributed by atoms with Gasteiger partial charge in [-0.2, -0.15) is 0 Å². The molecular formula is C29H32N4O4. The number of aromatic nitrogens is 3. The Bertz CT molecular complexity index is 1400. The molecule has 0 spiro atoms. The number of hydrogen-bond donors (Lipinski definition) is 2. The van der Waals surface area contributed by atoms with Gasteiger partial charge in [-0.15, -0.1) is 0 Å². The van der Waals surface area contributed by atoms with E-state index in [2.05, 4.69) is 4.98 Å². The van der Waals surface area contributed by atoms with Crippen LogP contribution >= 0.6 is 0 Å².